The molecule has 178 valence electrons. The number of piperidine rings is 1. The number of ether oxygens (including phenoxy) is 1. The summed E-state index contributed by atoms with van der Waals surface area (Å²) in [5.74, 6) is -1.19. The van der Waals surface area contributed by atoms with Gasteiger partial charge in [-0.05, 0) is 56.5 Å². The SMILES string of the molecule is Cc1cc(C(=O)OCC(=O)Nc2ccc(C)c(S(=O)(=O)N3CCCCC3)c2)c2ccccc2n1. The van der Waals surface area contributed by atoms with Gasteiger partial charge in [0, 0.05) is 29.9 Å². The van der Waals surface area contributed by atoms with E-state index in [1.54, 1.807) is 50.2 Å². The van der Waals surface area contributed by atoms with Crippen LogP contribution in [0.1, 0.15) is 40.9 Å². The normalized spacial score (nSPS) is 14.6. The molecular weight excluding hydrogens is 454 g/mol. The van der Waals surface area contributed by atoms with Crippen LogP contribution in [0.15, 0.2) is 53.4 Å². The Bertz CT molecular complexity index is 1350. The van der Waals surface area contributed by atoms with E-state index in [1.807, 2.05) is 6.07 Å². The first-order chi connectivity index (χ1) is 16.3. The zero-order valence-electron chi connectivity index (χ0n) is 19.2. The summed E-state index contributed by atoms with van der Waals surface area (Å²) < 4.78 is 32.9. The van der Waals surface area contributed by atoms with Crippen LogP contribution in [0.3, 0.4) is 0 Å². The fourth-order valence-electron chi connectivity index (χ4n) is 4.08. The van der Waals surface area contributed by atoms with Crippen LogP contribution >= 0.6 is 0 Å². The van der Waals surface area contributed by atoms with E-state index in [0.29, 0.717) is 46.5 Å². The number of esters is 1. The highest BCUT2D eigenvalue weighted by molar-refractivity contribution is 7.89. The van der Waals surface area contributed by atoms with Gasteiger partial charge in [0.1, 0.15) is 0 Å². The molecule has 0 unspecified atom stereocenters. The number of nitrogens with zero attached hydrogens (tertiary/aromatic N) is 2. The number of aromatic nitrogens is 1. The lowest BCUT2D eigenvalue weighted by Gasteiger charge is -2.26. The molecule has 0 bridgehead atoms. The zero-order chi connectivity index (χ0) is 24.3. The molecule has 1 aromatic heterocycles. The summed E-state index contributed by atoms with van der Waals surface area (Å²) in [4.78, 5) is 29.7. The second kappa shape index (κ2) is 9.90. The van der Waals surface area contributed by atoms with Gasteiger partial charge in [0.25, 0.3) is 5.91 Å². The first-order valence-corrected chi connectivity index (χ1v) is 12.6. The number of hydrogen-bond donors (Lipinski definition) is 1. The van der Waals surface area contributed by atoms with E-state index in [0.717, 1.165) is 19.3 Å². The first-order valence-electron chi connectivity index (χ1n) is 11.2. The summed E-state index contributed by atoms with van der Waals surface area (Å²) in [7, 11) is -3.65. The molecule has 1 aliphatic rings. The number of hydrogen-bond acceptors (Lipinski definition) is 6. The number of para-hydroxylation sites is 1. The van der Waals surface area contributed by atoms with Crippen LogP contribution in [0.5, 0.6) is 0 Å². The lowest BCUT2D eigenvalue weighted by Crippen LogP contribution is -2.36. The average Bonchev–Trinajstić information content (AvgIpc) is 2.83. The maximum atomic E-state index is 13.1. The number of amides is 1. The third-order valence-electron chi connectivity index (χ3n) is 5.80. The van der Waals surface area contributed by atoms with Crippen molar-refractivity contribution in [3.05, 3.63) is 65.4 Å². The standard InChI is InChI=1S/C25H27N3O5S/c1-17-10-11-19(15-23(17)34(31,32)28-12-6-3-7-13-28)27-24(29)16-33-25(30)21-14-18(2)26-22-9-5-4-8-20(21)22/h4-5,8-11,14-15H,3,6-7,12-13,16H2,1-2H3,(H,27,29). The molecule has 3 aromatic rings. The van der Waals surface area contributed by atoms with Gasteiger partial charge in [-0.2, -0.15) is 4.31 Å². The Labute approximate surface area is 199 Å². The predicted molar refractivity (Wildman–Crippen MR) is 129 cm³/mol. The third-order valence-corrected chi connectivity index (χ3v) is 7.84. The summed E-state index contributed by atoms with van der Waals surface area (Å²) in [6, 6.07) is 13.6. The summed E-state index contributed by atoms with van der Waals surface area (Å²) >= 11 is 0. The van der Waals surface area contributed by atoms with Crippen molar-refractivity contribution in [2.75, 3.05) is 25.0 Å². The minimum absolute atomic E-state index is 0.169. The van der Waals surface area contributed by atoms with Crippen molar-refractivity contribution < 1.29 is 22.7 Å². The molecule has 8 nitrogen and oxygen atoms in total. The van der Waals surface area contributed by atoms with Crippen LogP contribution in [0.4, 0.5) is 5.69 Å². The van der Waals surface area contributed by atoms with E-state index >= 15 is 0 Å². The zero-order valence-corrected chi connectivity index (χ0v) is 20.0. The van der Waals surface area contributed by atoms with Gasteiger partial charge < -0.3 is 10.1 Å². The molecule has 0 atom stereocenters. The molecule has 2 aromatic carbocycles. The Morgan fingerprint density at radius 2 is 1.76 bits per heavy atom. The largest absolute Gasteiger partial charge is 0.452 e. The summed E-state index contributed by atoms with van der Waals surface area (Å²) in [6.07, 6.45) is 2.70. The van der Waals surface area contributed by atoms with Gasteiger partial charge in [0.05, 0.1) is 16.0 Å². The Morgan fingerprint density at radius 1 is 1.03 bits per heavy atom. The number of anilines is 1. The second-order valence-corrected chi connectivity index (χ2v) is 10.3. The smallest absolute Gasteiger partial charge is 0.339 e. The van der Waals surface area contributed by atoms with Crippen molar-refractivity contribution in [2.24, 2.45) is 0 Å². The Kier molecular flexibility index (Phi) is 6.95. The van der Waals surface area contributed by atoms with E-state index in [-0.39, 0.29) is 4.90 Å². The molecule has 0 saturated carbocycles. The van der Waals surface area contributed by atoms with Gasteiger partial charge >= 0.3 is 5.97 Å². The molecule has 9 heteroatoms. The third kappa shape index (κ3) is 5.10. The second-order valence-electron chi connectivity index (χ2n) is 8.40. The number of rotatable bonds is 6. The van der Waals surface area contributed by atoms with Gasteiger partial charge in [-0.3, -0.25) is 9.78 Å². The highest BCUT2D eigenvalue weighted by atomic mass is 32.2. The van der Waals surface area contributed by atoms with Crippen molar-refractivity contribution in [3.8, 4) is 0 Å². The van der Waals surface area contributed by atoms with Crippen molar-refractivity contribution in [2.45, 2.75) is 38.0 Å². The molecule has 1 N–H and O–H groups in total. The molecule has 0 spiro atoms. The highest BCUT2D eigenvalue weighted by Gasteiger charge is 2.27. The molecule has 1 fully saturated rings. The van der Waals surface area contributed by atoms with Gasteiger partial charge in [-0.1, -0.05) is 30.7 Å². The molecular formula is C25H27N3O5S. The van der Waals surface area contributed by atoms with Crippen molar-refractivity contribution in [1.29, 1.82) is 0 Å². The van der Waals surface area contributed by atoms with Crippen LogP contribution in [-0.2, 0) is 19.6 Å². The van der Waals surface area contributed by atoms with Crippen LogP contribution in [0.25, 0.3) is 10.9 Å². The maximum absolute atomic E-state index is 13.1. The van der Waals surface area contributed by atoms with Crippen molar-refractivity contribution >= 4 is 38.5 Å². The quantitative estimate of drug-likeness (QED) is 0.537. The van der Waals surface area contributed by atoms with Gasteiger partial charge in [0.2, 0.25) is 10.0 Å². The Balaban J connectivity index is 1.45. The highest BCUT2D eigenvalue weighted by Crippen LogP contribution is 2.26. The topological polar surface area (TPSA) is 106 Å². The predicted octanol–water partition coefficient (Wildman–Crippen LogP) is 3.82. The number of carbonyl (C=O) groups is 2. The molecule has 1 amide bonds. The molecule has 0 radical (unpaired) electrons. The molecule has 1 saturated heterocycles. The lowest BCUT2D eigenvalue weighted by atomic mass is 10.1. The number of sulfonamides is 1. The van der Waals surface area contributed by atoms with Crippen LogP contribution in [0, 0.1) is 13.8 Å². The first kappa shape index (κ1) is 23.8. The number of aryl methyl sites for hydroxylation is 2. The molecule has 4 rings (SSSR count). The average molecular weight is 482 g/mol. The van der Waals surface area contributed by atoms with E-state index in [4.69, 9.17) is 4.74 Å². The van der Waals surface area contributed by atoms with Crippen LogP contribution in [0.2, 0.25) is 0 Å². The summed E-state index contributed by atoms with van der Waals surface area (Å²) in [6.45, 7) is 4.00. The molecule has 34 heavy (non-hydrogen) atoms. The Hall–Kier alpha value is -3.30. The number of nitrogens with one attached hydrogen (secondary N) is 1. The minimum atomic E-state index is -3.65. The number of fused-ring (bicyclic) bond motifs is 1. The fourth-order valence-corrected chi connectivity index (χ4v) is 5.85. The Morgan fingerprint density at radius 3 is 2.53 bits per heavy atom. The van der Waals surface area contributed by atoms with E-state index in [2.05, 4.69) is 10.3 Å². The number of carbonyl (C=O) groups excluding carboxylic acids is 2. The number of benzene rings is 2. The van der Waals surface area contributed by atoms with E-state index < -0.39 is 28.5 Å². The lowest BCUT2D eigenvalue weighted by molar-refractivity contribution is -0.119. The van der Waals surface area contributed by atoms with Gasteiger partial charge in [-0.15, -0.1) is 0 Å². The van der Waals surface area contributed by atoms with Gasteiger partial charge in [0.15, 0.2) is 6.61 Å². The molecule has 2 heterocycles. The van der Waals surface area contributed by atoms with E-state index in [9.17, 15) is 18.0 Å². The maximum Gasteiger partial charge on any atom is 0.339 e. The van der Waals surface area contributed by atoms with Gasteiger partial charge in [-0.25, -0.2) is 13.2 Å². The monoisotopic (exact) mass is 481 g/mol. The fraction of sp³-hybridized carbons (Fsp3) is 0.320. The van der Waals surface area contributed by atoms with E-state index in [1.165, 1.54) is 10.4 Å². The summed E-state index contributed by atoms with van der Waals surface area (Å²) in [5, 5.41) is 3.27. The molecule has 1 aliphatic heterocycles. The van der Waals surface area contributed by atoms with Crippen molar-refractivity contribution in [1.82, 2.24) is 9.29 Å². The van der Waals surface area contributed by atoms with Crippen molar-refractivity contribution in [3.63, 3.8) is 0 Å². The van der Waals surface area contributed by atoms with Crippen LogP contribution in [-0.4, -0.2) is 49.3 Å². The number of pyridine rings is 1. The van der Waals surface area contributed by atoms with Crippen LogP contribution < -0.4 is 5.32 Å². The molecule has 0 aliphatic carbocycles. The minimum Gasteiger partial charge on any atom is -0.452 e. The summed E-state index contributed by atoms with van der Waals surface area (Å²) in [5.41, 5.74) is 2.60.